The standard InChI is InChI=1S/C13H19NO2/c1-14-7-11(9-15)13(8-14)10-3-5-12(16-2)6-4-10/h3-6,11,13,15H,7-9H2,1-2H3. The fourth-order valence-electron chi connectivity index (χ4n) is 2.50. The first-order chi connectivity index (χ1) is 7.74. The van der Waals surface area contributed by atoms with Crippen molar-refractivity contribution in [2.45, 2.75) is 5.92 Å². The van der Waals surface area contributed by atoms with Crippen LogP contribution in [0.25, 0.3) is 0 Å². The highest BCUT2D eigenvalue weighted by Crippen LogP contribution is 2.32. The van der Waals surface area contributed by atoms with Crippen molar-refractivity contribution in [1.29, 1.82) is 0 Å². The Bertz CT molecular complexity index is 336. The molecule has 1 N–H and O–H groups in total. The van der Waals surface area contributed by atoms with Crippen molar-refractivity contribution in [2.24, 2.45) is 5.92 Å². The summed E-state index contributed by atoms with van der Waals surface area (Å²) in [4.78, 5) is 2.27. The summed E-state index contributed by atoms with van der Waals surface area (Å²) in [5, 5.41) is 9.36. The number of ether oxygens (including phenoxy) is 1. The smallest absolute Gasteiger partial charge is 0.118 e. The fraction of sp³-hybridized carbons (Fsp3) is 0.538. The predicted octanol–water partition coefficient (Wildman–Crippen LogP) is 1.33. The number of nitrogens with zero attached hydrogens (tertiary/aromatic N) is 1. The summed E-state index contributed by atoms with van der Waals surface area (Å²) >= 11 is 0. The molecule has 1 aromatic rings. The lowest BCUT2D eigenvalue weighted by Crippen LogP contribution is -2.15. The van der Waals surface area contributed by atoms with Gasteiger partial charge in [-0.2, -0.15) is 0 Å². The van der Waals surface area contributed by atoms with Gasteiger partial charge in [-0.1, -0.05) is 12.1 Å². The van der Waals surface area contributed by atoms with Crippen LogP contribution in [0.15, 0.2) is 24.3 Å². The summed E-state index contributed by atoms with van der Waals surface area (Å²) in [5.74, 6) is 1.69. The molecule has 88 valence electrons. The molecule has 0 amide bonds. The largest absolute Gasteiger partial charge is 0.497 e. The number of aliphatic hydroxyl groups is 1. The summed E-state index contributed by atoms with van der Waals surface area (Å²) in [6.07, 6.45) is 0. The summed E-state index contributed by atoms with van der Waals surface area (Å²) in [5.41, 5.74) is 1.30. The molecule has 3 heteroatoms. The van der Waals surface area contributed by atoms with Gasteiger partial charge in [0.15, 0.2) is 0 Å². The molecule has 0 saturated carbocycles. The van der Waals surface area contributed by atoms with Crippen molar-refractivity contribution in [3.8, 4) is 5.75 Å². The number of aliphatic hydroxyl groups excluding tert-OH is 1. The summed E-state index contributed by atoms with van der Waals surface area (Å²) in [6, 6.07) is 8.18. The van der Waals surface area contributed by atoms with Gasteiger partial charge in [0.05, 0.1) is 7.11 Å². The number of hydrogen-bond donors (Lipinski definition) is 1. The molecule has 16 heavy (non-hydrogen) atoms. The molecular weight excluding hydrogens is 202 g/mol. The van der Waals surface area contributed by atoms with Crippen molar-refractivity contribution < 1.29 is 9.84 Å². The summed E-state index contributed by atoms with van der Waals surface area (Å²) in [6.45, 7) is 2.27. The maximum Gasteiger partial charge on any atom is 0.118 e. The Morgan fingerprint density at radius 2 is 2.00 bits per heavy atom. The van der Waals surface area contributed by atoms with Crippen molar-refractivity contribution in [3.05, 3.63) is 29.8 Å². The van der Waals surface area contributed by atoms with Crippen molar-refractivity contribution in [1.82, 2.24) is 4.90 Å². The second kappa shape index (κ2) is 4.85. The van der Waals surface area contributed by atoms with E-state index in [-0.39, 0.29) is 6.61 Å². The van der Waals surface area contributed by atoms with E-state index in [0.29, 0.717) is 11.8 Å². The van der Waals surface area contributed by atoms with Crippen LogP contribution in [0.1, 0.15) is 11.5 Å². The van der Waals surface area contributed by atoms with E-state index in [2.05, 4.69) is 24.1 Å². The van der Waals surface area contributed by atoms with Crippen molar-refractivity contribution in [2.75, 3.05) is 33.9 Å². The SMILES string of the molecule is COc1ccc(C2CN(C)CC2CO)cc1. The van der Waals surface area contributed by atoms with Crippen LogP contribution in [0.3, 0.4) is 0 Å². The van der Waals surface area contributed by atoms with Gasteiger partial charge in [-0.3, -0.25) is 0 Å². The van der Waals surface area contributed by atoms with Gasteiger partial charge in [0.2, 0.25) is 0 Å². The highest BCUT2D eigenvalue weighted by molar-refractivity contribution is 5.30. The van der Waals surface area contributed by atoms with Gasteiger partial charge < -0.3 is 14.7 Å². The number of benzene rings is 1. The lowest BCUT2D eigenvalue weighted by Gasteiger charge is -2.16. The van der Waals surface area contributed by atoms with Crippen LogP contribution in [0.4, 0.5) is 0 Å². The van der Waals surface area contributed by atoms with E-state index in [4.69, 9.17) is 4.74 Å². The van der Waals surface area contributed by atoms with E-state index in [0.717, 1.165) is 18.8 Å². The van der Waals surface area contributed by atoms with E-state index in [1.54, 1.807) is 7.11 Å². The second-order valence-electron chi connectivity index (χ2n) is 4.54. The van der Waals surface area contributed by atoms with E-state index >= 15 is 0 Å². The Morgan fingerprint density at radius 1 is 1.31 bits per heavy atom. The van der Waals surface area contributed by atoms with Crippen molar-refractivity contribution >= 4 is 0 Å². The molecule has 1 fully saturated rings. The molecular formula is C13H19NO2. The number of hydrogen-bond acceptors (Lipinski definition) is 3. The molecule has 2 unspecified atom stereocenters. The zero-order chi connectivity index (χ0) is 11.5. The van der Waals surface area contributed by atoms with Crippen LogP contribution in [-0.4, -0.2) is 43.9 Å². The Balaban J connectivity index is 2.16. The monoisotopic (exact) mass is 221 g/mol. The van der Waals surface area contributed by atoms with Crippen LogP contribution in [0.2, 0.25) is 0 Å². The molecule has 1 saturated heterocycles. The third kappa shape index (κ3) is 2.20. The van der Waals surface area contributed by atoms with E-state index < -0.39 is 0 Å². The maximum atomic E-state index is 9.36. The molecule has 2 atom stereocenters. The second-order valence-corrected chi connectivity index (χ2v) is 4.54. The lowest BCUT2D eigenvalue weighted by molar-refractivity contribution is 0.219. The molecule has 1 heterocycles. The fourth-order valence-corrected chi connectivity index (χ4v) is 2.50. The first kappa shape index (κ1) is 11.4. The van der Waals surface area contributed by atoms with Crippen LogP contribution in [0, 0.1) is 5.92 Å². The quantitative estimate of drug-likeness (QED) is 0.836. The van der Waals surface area contributed by atoms with Gasteiger partial charge in [0.25, 0.3) is 0 Å². The molecule has 0 aromatic heterocycles. The van der Waals surface area contributed by atoms with Gasteiger partial charge in [-0.05, 0) is 24.7 Å². The minimum absolute atomic E-state index is 0.265. The average molecular weight is 221 g/mol. The molecule has 1 aliphatic heterocycles. The molecule has 1 aliphatic rings. The topological polar surface area (TPSA) is 32.7 Å². The molecule has 0 radical (unpaired) electrons. The highest BCUT2D eigenvalue weighted by atomic mass is 16.5. The maximum absolute atomic E-state index is 9.36. The number of rotatable bonds is 3. The number of likely N-dealkylation sites (tertiary alicyclic amines) is 1. The van der Waals surface area contributed by atoms with Crippen LogP contribution >= 0.6 is 0 Å². The molecule has 3 nitrogen and oxygen atoms in total. The van der Waals surface area contributed by atoms with Gasteiger partial charge in [-0.25, -0.2) is 0 Å². The lowest BCUT2D eigenvalue weighted by atomic mass is 9.89. The van der Waals surface area contributed by atoms with Gasteiger partial charge in [-0.15, -0.1) is 0 Å². The molecule has 2 rings (SSSR count). The number of methoxy groups -OCH3 is 1. The number of likely N-dealkylation sites (N-methyl/N-ethyl adjacent to an activating group) is 1. The zero-order valence-corrected chi connectivity index (χ0v) is 9.89. The van der Waals surface area contributed by atoms with Crippen LogP contribution in [-0.2, 0) is 0 Å². The van der Waals surface area contributed by atoms with Gasteiger partial charge in [0.1, 0.15) is 5.75 Å². The van der Waals surface area contributed by atoms with E-state index in [9.17, 15) is 5.11 Å². The molecule has 0 spiro atoms. The van der Waals surface area contributed by atoms with Gasteiger partial charge >= 0.3 is 0 Å². The highest BCUT2D eigenvalue weighted by Gasteiger charge is 2.31. The van der Waals surface area contributed by atoms with E-state index in [1.807, 2.05) is 12.1 Å². The summed E-state index contributed by atoms with van der Waals surface area (Å²) < 4.78 is 5.15. The Labute approximate surface area is 96.6 Å². The van der Waals surface area contributed by atoms with Crippen LogP contribution < -0.4 is 4.74 Å². The first-order valence-corrected chi connectivity index (χ1v) is 5.68. The van der Waals surface area contributed by atoms with E-state index in [1.165, 1.54) is 5.56 Å². The minimum atomic E-state index is 0.265. The Morgan fingerprint density at radius 3 is 2.56 bits per heavy atom. The normalized spacial score (nSPS) is 25.9. The summed E-state index contributed by atoms with van der Waals surface area (Å²) in [7, 11) is 3.78. The molecule has 0 aliphatic carbocycles. The third-order valence-corrected chi connectivity index (χ3v) is 3.40. The molecule has 1 aromatic carbocycles. The molecule has 0 bridgehead atoms. The Hall–Kier alpha value is -1.06. The Kier molecular flexibility index (Phi) is 3.46. The third-order valence-electron chi connectivity index (χ3n) is 3.40. The van der Waals surface area contributed by atoms with Crippen LogP contribution in [0.5, 0.6) is 5.75 Å². The predicted molar refractivity (Wildman–Crippen MR) is 63.8 cm³/mol. The minimum Gasteiger partial charge on any atom is -0.497 e. The average Bonchev–Trinajstić information content (AvgIpc) is 2.70. The van der Waals surface area contributed by atoms with Gasteiger partial charge in [0, 0.05) is 31.5 Å². The van der Waals surface area contributed by atoms with Crippen molar-refractivity contribution in [3.63, 3.8) is 0 Å². The zero-order valence-electron chi connectivity index (χ0n) is 9.89. The first-order valence-electron chi connectivity index (χ1n) is 5.68.